The first-order valence-corrected chi connectivity index (χ1v) is 7.39. The Morgan fingerprint density at radius 3 is 2.77 bits per heavy atom. The first-order valence-electron chi connectivity index (χ1n) is 7.39. The lowest BCUT2D eigenvalue weighted by molar-refractivity contribution is -0.252. The van der Waals surface area contributed by atoms with E-state index >= 15 is 0 Å². The number of aliphatic hydroxyl groups is 3. The van der Waals surface area contributed by atoms with Gasteiger partial charge in [-0.05, 0) is 11.1 Å². The fraction of sp³-hybridized carbons (Fsp3) is 0.500. The van der Waals surface area contributed by atoms with E-state index in [-0.39, 0.29) is 6.61 Å². The van der Waals surface area contributed by atoms with Crippen molar-refractivity contribution in [2.75, 3.05) is 6.61 Å². The Balaban J connectivity index is 1.54. The van der Waals surface area contributed by atoms with Crippen LogP contribution in [0.15, 0.2) is 30.3 Å². The predicted octanol–water partition coefficient (Wildman–Crippen LogP) is -0.0225. The van der Waals surface area contributed by atoms with Crippen LogP contribution in [0.4, 0.5) is 0 Å². The summed E-state index contributed by atoms with van der Waals surface area (Å²) in [5.74, 6) is 0. The van der Waals surface area contributed by atoms with Gasteiger partial charge in [-0.15, -0.1) is 0 Å². The zero-order valence-corrected chi connectivity index (χ0v) is 11.8. The zero-order chi connectivity index (χ0) is 15.3. The van der Waals surface area contributed by atoms with Gasteiger partial charge in [0.15, 0.2) is 6.29 Å². The van der Waals surface area contributed by atoms with E-state index in [1.54, 1.807) is 6.08 Å². The SMILES string of the molecule is O[C@@H]1[C@@H]2OC[C@@H](O2)[C@@H](O)[C@@H]1O[C@@H]1C=Cc2ccccc2[C@H]1O. The summed E-state index contributed by atoms with van der Waals surface area (Å²) in [5.41, 5.74) is 1.71. The summed E-state index contributed by atoms with van der Waals surface area (Å²) in [5, 5.41) is 30.9. The molecule has 1 aliphatic carbocycles. The van der Waals surface area contributed by atoms with E-state index in [9.17, 15) is 15.3 Å². The third-order valence-corrected chi connectivity index (χ3v) is 4.47. The van der Waals surface area contributed by atoms with Crippen LogP contribution in [0.5, 0.6) is 0 Å². The molecule has 1 aromatic rings. The predicted molar refractivity (Wildman–Crippen MR) is 75.7 cm³/mol. The largest absolute Gasteiger partial charge is 0.387 e. The summed E-state index contributed by atoms with van der Waals surface area (Å²) in [6, 6.07) is 7.50. The molecule has 0 aromatic heterocycles. The van der Waals surface area contributed by atoms with Crippen LogP contribution in [-0.4, -0.2) is 58.7 Å². The molecule has 118 valence electrons. The average Bonchev–Trinajstić information content (AvgIpc) is 2.99. The van der Waals surface area contributed by atoms with Gasteiger partial charge in [-0.1, -0.05) is 36.4 Å². The molecule has 2 aliphatic heterocycles. The van der Waals surface area contributed by atoms with Crippen molar-refractivity contribution in [2.45, 2.75) is 42.9 Å². The van der Waals surface area contributed by atoms with E-state index in [4.69, 9.17) is 14.2 Å². The molecule has 0 spiro atoms. The lowest BCUT2D eigenvalue weighted by atomic mass is 9.92. The Morgan fingerprint density at radius 2 is 1.91 bits per heavy atom. The lowest BCUT2D eigenvalue weighted by Gasteiger charge is -2.38. The van der Waals surface area contributed by atoms with E-state index in [1.165, 1.54) is 0 Å². The maximum Gasteiger partial charge on any atom is 0.186 e. The molecule has 6 heteroatoms. The van der Waals surface area contributed by atoms with Gasteiger partial charge >= 0.3 is 0 Å². The first-order chi connectivity index (χ1) is 10.6. The summed E-state index contributed by atoms with van der Waals surface area (Å²) in [6.07, 6.45) is -2.10. The number of ether oxygens (including phenoxy) is 3. The van der Waals surface area contributed by atoms with E-state index in [0.29, 0.717) is 0 Å². The molecule has 2 fully saturated rings. The molecule has 3 aliphatic rings. The van der Waals surface area contributed by atoms with Gasteiger partial charge in [-0.2, -0.15) is 0 Å². The maximum absolute atomic E-state index is 10.5. The van der Waals surface area contributed by atoms with E-state index in [1.807, 2.05) is 30.3 Å². The highest BCUT2D eigenvalue weighted by Gasteiger charge is 2.51. The van der Waals surface area contributed by atoms with E-state index < -0.39 is 42.9 Å². The normalized spacial score (nSPS) is 43.1. The molecule has 2 heterocycles. The van der Waals surface area contributed by atoms with Crippen LogP contribution in [0.1, 0.15) is 17.2 Å². The third-order valence-electron chi connectivity index (χ3n) is 4.47. The van der Waals surface area contributed by atoms with Crippen LogP contribution < -0.4 is 0 Å². The lowest BCUT2D eigenvalue weighted by Crippen LogP contribution is -2.56. The molecule has 2 saturated heterocycles. The van der Waals surface area contributed by atoms with E-state index in [2.05, 4.69) is 0 Å². The molecule has 6 nitrogen and oxygen atoms in total. The van der Waals surface area contributed by atoms with Crippen molar-refractivity contribution in [3.63, 3.8) is 0 Å². The molecule has 0 saturated carbocycles. The standard InChI is InChI=1S/C16H18O6/c17-12-9-4-2-1-3-8(9)5-6-10(12)21-15-13(18)11-7-20-16(22-11)14(15)19/h1-6,10-19H,7H2/t10-,11-,12-,13-,14+,15+,16-/m1/s1. The van der Waals surface area contributed by atoms with Gasteiger partial charge in [0.1, 0.15) is 36.6 Å². The van der Waals surface area contributed by atoms with Gasteiger partial charge in [0, 0.05) is 0 Å². The summed E-state index contributed by atoms with van der Waals surface area (Å²) < 4.78 is 16.4. The number of aliphatic hydroxyl groups excluding tert-OH is 3. The van der Waals surface area contributed by atoms with Crippen LogP contribution in [0, 0.1) is 0 Å². The number of benzene rings is 1. The van der Waals surface area contributed by atoms with Gasteiger partial charge < -0.3 is 29.5 Å². The minimum atomic E-state index is -1.09. The third kappa shape index (κ3) is 2.20. The smallest absolute Gasteiger partial charge is 0.186 e. The molecule has 0 amide bonds. The molecule has 2 bridgehead atoms. The number of hydrogen-bond acceptors (Lipinski definition) is 6. The Hall–Kier alpha value is -1.28. The second-order valence-corrected chi connectivity index (χ2v) is 5.86. The van der Waals surface area contributed by atoms with Crippen molar-refractivity contribution in [3.05, 3.63) is 41.5 Å². The molecule has 1 aromatic carbocycles. The number of hydrogen-bond donors (Lipinski definition) is 3. The van der Waals surface area contributed by atoms with Gasteiger partial charge in [0.05, 0.1) is 6.61 Å². The second-order valence-electron chi connectivity index (χ2n) is 5.86. The van der Waals surface area contributed by atoms with Crippen LogP contribution in [-0.2, 0) is 14.2 Å². The Kier molecular flexibility index (Phi) is 3.53. The second kappa shape index (κ2) is 5.42. The molecule has 0 radical (unpaired) electrons. The molecule has 3 N–H and O–H groups in total. The average molecular weight is 306 g/mol. The summed E-state index contributed by atoms with van der Waals surface area (Å²) in [6.45, 7) is 0.231. The topological polar surface area (TPSA) is 88.4 Å². The van der Waals surface area contributed by atoms with Crippen molar-refractivity contribution < 1.29 is 29.5 Å². The van der Waals surface area contributed by atoms with Crippen molar-refractivity contribution >= 4 is 6.08 Å². The highest BCUT2D eigenvalue weighted by molar-refractivity contribution is 5.58. The number of fused-ring (bicyclic) bond motifs is 3. The van der Waals surface area contributed by atoms with Crippen LogP contribution >= 0.6 is 0 Å². The van der Waals surface area contributed by atoms with Crippen molar-refractivity contribution in [3.8, 4) is 0 Å². The summed E-state index contributed by atoms with van der Waals surface area (Å²) in [7, 11) is 0. The van der Waals surface area contributed by atoms with Crippen LogP contribution in [0.2, 0.25) is 0 Å². The number of rotatable bonds is 2. The van der Waals surface area contributed by atoms with Gasteiger partial charge in [-0.25, -0.2) is 0 Å². The Morgan fingerprint density at radius 1 is 1.09 bits per heavy atom. The van der Waals surface area contributed by atoms with E-state index in [0.717, 1.165) is 11.1 Å². The molecular weight excluding hydrogens is 288 g/mol. The summed E-state index contributed by atoms with van der Waals surface area (Å²) >= 11 is 0. The van der Waals surface area contributed by atoms with Crippen LogP contribution in [0.25, 0.3) is 6.08 Å². The van der Waals surface area contributed by atoms with Crippen molar-refractivity contribution in [1.29, 1.82) is 0 Å². The quantitative estimate of drug-likeness (QED) is 0.711. The molecular formula is C16H18O6. The Labute approximate surface area is 127 Å². The maximum atomic E-state index is 10.5. The Bertz CT molecular complexity index is 572. The highest BCUT2D eigenvalue weighted by Crippen LogP contribution is 2.35. The zero-order valence-electron chi connectivity index (χ0n) is 11.8. The first kappa shape index (κ1) is 14.3. The molecule has 0 unspecified atom stereocenters. The van der Waals surface area contributed by atoms with Gasteiger partial charge in [0.2, 0.25) is 0 Å². The monoisotopic (exact) mass is 306 g/mol. The van der Waals surface area contributed by atoms with Crippen molar-refractivity contribution in [1.82, 2.24) is 0 Å². The molecule has 4 rings (SSSR count). The van der Waals surface area contributed by atoms with Gasteiger partial charge in [0.25, 0.3) is 0 Å². The molecule has 22 heavy (non-hydrogen) atoms. The van der Waals surface area contributed by atoms with Crippen molar-refractivity contribution in [2.24, 2.45) is 0 Å². The van der Waals surface area contributed by atoms with Crippen LogP contribution in [0.3, 0.4) is 0 Å². The summed E-state index contributed by atoms with van der Waals surface area (Å²) in [4.78, 5) is 0. The fourth-order valence-electron chi connectivity index (χ4n) is 3.24. The minimum absolute atomic E-state index is 0.231. The minimum Gasteiger partial charge on any atom is -0.387 e. The molecule has 7 atom stereocenters. The fourth-order valence-corrected chi connectivity index (χ4v) is 3.24. The van der Waals surface area contributed by atoms with Gasteiger partial charge in [-0.3, -0.25) is 0 Å². The highest BCUT2D eigenvalue weighted by atomic mass is 16.7.